The summed E-state index contributed by atoms with van der Waals surface area (Å²) >= 11 is 1.22. The number of benzene rings is 1. The van der Waals surface area contributed by atoms with Gasteiger partial charge in [0.15, 0.2) is 9.84 Å². The number of aromatic nitrogens is 2. The van der Waals surface area contributed by atoms with Gasteiger partial charge in [0.05, 0.1) is 23.5 Å². The van der Waals surface area contributed by atoms with Crippen LogP contribution in [0.3, 0.4) is 0 Å². The van der Waals surface area contributed by atoms with E-state index in [1.54, 1.807) is 24.4 Å². The van der Waals surface area contributed by atoms with E-state index >= 15 is 0 Å². The molecule has 1 aliphatic rings. The highest BCUT2D eigenvalue weighted by Gasteiger charge is 2.38. The molecule has 1 amide bonds. The second kappa shape index (κ2) is 7.42. The number of amides is 1. The van der Waals surface area contributed by atoms with E-state index in [1.807, 2.05) is 42.8 Å². The summed E-state index contributed by atoms with van der Waals surface area (Å²) in [5.41, 5.74) is 4.27. The van der Waals surface area contributed by atoms with Crippen LogP contribution in [0.4, 0.5) is 0 Å². The van der Waals surface area contributed by atoms with E-state index in [1.165, 1.54) is 11.3 Å². The molecule has 2 aromatic heterocycles. The van der Waals surface area contributed by atoms with Crippen LogP contribution in [0.25, 0.3) is 0 Å². The molecule has 0 unspecified atom stereocenters. The SMILES string of the molecule is Cc1cc(C)n(Cc2cccc(C(=O)N[C@H]3C[C@H](C)S(=O)(=O)c4sccc43)c2)n1. The highest BCUT2D eigenvalue weighted by Crippen LogP contribution is 2.39. The lowest BCUT2D eigenvalue weighted by atomic mass is 10.0. The van der Waals surface area contributed by atoms with Crippen LogP contribution in [-0.4, -0.2) is 29.4 Å². The number of hydrogen-bond donors (Lipinski definition) is 1. The van der Waals surface area contributed by atoms with E-state index in [0.29, 0.717) is 28.3 Å². The molecule has 3 aromatic rings. The first-order chi connectivity index (χ1) is 13.8. The van der Waals surface area contributed by atoms with Crippen LogP contribution in [0.2, 0.25) is 0 Å². The number of rotatable bonds is 4. The van der Waals surface area contributed by atoms with Gasteiger partial charge < -0.3 is 5.32 Å². The van der Waals surface area contributed by atoms with E-state index in [0.717, 1.165) is 17.0 Å². The number of aryl methyl sites for hydroxylation is 2. The van der Waals surface area contributed by atoms with Gasteiger partial charge in [0, 0.05) is 16.8 Å². The van der Waals surface area contributed by atoms with Crippen LogP contribution in [0.15, 0.2) is 46.0 Å². The molecular formula is C21H23N3O3S2. The minimum Gasteiger partial charge on any atom is -0.345 e. The topological polar surface area (TPSA) is 81.1 Å². The van der Waals surface area contributed by atoms with Gasteiger partial charge in [-0.2, -0.15) is 5.10 Å². The van der Waals surface area contributed by atoms with Crippen molar-refractivity contribution in [2.45, 2.75) is 49.2 Å². The molecule has 0 aliphatic carbocycles. The highest BCUT2D eigenvalue weighted by atomic mass is 32.2. The number of nitrogens with zero attached hydrogens (tertiary/aromatic N) is 2. The van der Waals surface area contributed by atoms with Crippen molar-refractivity contribution in [2.24, 2.45) is 0 Å². The lowest BCUT2D eigenvalue weighted by Crippen LogP contribution is -2.36. The number of carbonyl (C=O) groups is 1. The summed E-state index contributed by atoms with van der Waals surface area (Å²) in [6.45, 7) is 6.26. The molecule has 0 bridgehead atoms. The van der Waals surface area contributed by atoms with Crippen LogP contribution in [-0.2, 0) is 16.4 Å². The predicted molar refractivity (Wildman–Crippen MR) is 113 cm³/mol. The lowest BCUT2D eigenvalue weighted by molar-refractivity contribution is 0.0933. The molecular weight excluding hydrogens is 406 g/mol. The van der Waals surface area contributed by atoms with Gasteiger partial charge in [-0.3, -0.25) is 9.48 Å². The first-order valence-electron chi connectivity index (χ1n) is 9.48. The van der Waals surface area contributed by atoms with Gasteiger partial charge in [0.25, 0.3) is 5.91 Å². The number of hydrogen-bond acceptors (Lipinski definition) is 5. The number of thiophene rings is 1. The maximum Gasteiger partial charge on any atom is 0.251 e. The quantitative estimate of drug-likeness (QED) is 0.686. The lowest BCUT2D eigenvalue weighted by Gasteiger charge is -2.28. The van der Waals surface area contributed by atoms with E-state index < -0.39 is 15.1 Å². The van der Waals surface area contributed by atoms with Crippen LogP contribution >= 0.6 is 11.3 Å². The molecule has 8 heteroatoms. The van der Waals surface area contributed by atoms with Crippen molar-refractivity contribution in [3.8, 4) is 0 Å². The largest absolute Gasteiger partial charge is 0.345 e. The average Bonchev–Trinajstić information content (AvgIpc) is 3.28. The van der Waals surface area contributed by atoms with Gasteiger partial charge in [0.1, 0.15) is 4.21 Å². The van der Waals surface area contributed by atoms with E-state index in [4.69, 9.17) is 0 Å². The molecule has 1 N–H and O–H groups in total. The molecule has 0 fully saturated rings. The molecule has 0 saturated carbocycles. The van der Waals surface area contributed by atoms with Crippen molar-refractivity contribution in [2.75, 3.05) is 0 Å². The molecule has 4 rings (SSSR count). The van der Waals surface area contributed by atoms with E-state index in [9.17, 15) is 13.2 Å². The molecule has 6 nitrogen and oxygen atoms in total. The van der Waals surface area contributed by atoms with Crippen molar-refractivity contribution in [1.29, 1.82) is 0 Å². The van der Waals surface area contributed by atoms with Crippen molar-refractivity contribution < 1.29 is 13.2 Å². The third-order valence-electron chi connectivity index (χ3n) is 5.32. The minimum atomic E-state index is -3.30. The molecule has 3 heterocycles. The Kier molecular flexibility index (Phi) is 5.08. The Morgan fingerprint density at radius 2 is 2.07 bits per heavy atom. The molecule has 1 aliphatic heterocycles. The van der Waals surface area contributed by atoms with Gasteiger partial charge in [0.2, 0.25) is 0 Å². The van der Waals surface area contributed by atoms with Gasteiger partial charge in [-0.25, -0.2) is 8.42 Å². The summed E-state index contributed by atoms with van der Waals surface area (Å²) in [5, 5.41) is 8.76. The second-order valence-electron chi connectivity index (χ2n) is 7.57. The zero-order chi connectivity index (χ0) is 20.8. The zero-order valence-electron chi connectivity index (χ0n) is 16.5. The molecule has 0 radical (unpaired) electrons. The summed E-state index contributed by atoms with van der Waals surface area (Å²) in [7, 11) is -3.30. The van der Waals surface area contributed by atoms with Crippen molar-refractivity contribution in [1.82, 2.24) is 15.1 Å². The minimum absolute atomic E-state index is 0.200. The summed E-state index contributed by atoms with van der Waals surface area (Å²) in [6, 6.07) is 11.0. The third kappa shape index (κ3) is 3.74. The Balaban J connectivity index is 1.55. The van der Waals surface area contributed by atoms with Crippen LogP contribution in [0, 0.1) is 13.8 Å². The molecule has 152 valence electrons. The average molecular weight is 430 g/mol. The Labute approximate surface area is 174 Å². The number of carbonyl (C=O) groups excluding carboxylic acids is 1. The Morgan fingerprint density at radius 1 is 1.28 bits per heavy atom. The summed E-state index contributed by atoms with van der Waals surface area (Å²) < 4.78 is 27.3. The fraction of sp³-hybridized carbons (Fsp3) is 0.333. The molecule has 0 saturated heterocycles. The van der Waals surface area contributed by atoms with Crippen LogP contribution in [0.5, 0.6) is 0 Å². The monoisotopic (exact) mass is 429 g/mol. The highest BCUT2D eigenvalue weighted by molar-refractivity contribution is 7.94. The van der Waals surface area contributed by atoms with Gasteiger partial charge in [-0.1, -0.05) is 12.1 Å². The maximum absolute atomic E-state index is 12.9. The summed E-state index contributed by atoms with van der Waals surface area (Å²) in [6.07, 6.45) is 0.378. The second-order valence-corrected chi connectivity index (χ2v) is 11.0. The predicted octanol–water partition coefficient (Wildman–Crippen LogP) is 3.65. The van der Waals surface area contributed by atoms with E-state index in [2.05, 4.69) is 10.4 Å². The van der Waals surface area contributed by atoms with Crippen molar-refractivity contribution in [3.63, 3.8) is 0 Å². The molecule has 29 heavy (non-hydrogen) atoms. The normalized spacial score (nSPS) is 20.2. The number of nitrogens with one attached hydrogen (secondary N) is 1. The summed E-state index contributed by atoms with van der Waals surface area (Å²) in [4.78, 5) is 12.9. The molecule has 0 spiro atoms. The molecule has 2 atom stereocenters. The van der Waals surface area contributed by atoms with Gasteiger partial charge >= 0.3 is 0 Å². The standard InChI is InChI=1S/C21H23N3O3S2/c1-13-9-14(2)24(23-13)12-16-5-4-6-17(11-16)20(25)22-19-10-15(3)29(26,27)21-18(19)7-8-28-21/h4-9,11,15,19H,10,12H2,1-3H3,(H,22,25)/t15-,19-/m0/s1. The van der Waals surface area contributed by atoms with E-state index in [-0.39, 0.29) is 11.9 Å². The van der Waals surface area contributed by atoms with Gasteiger partial charge in [-0.15, -0.1) is 11.3 Å². The van der Waals surface area contributed by atoms with Crippen LogP contribution < -0.4 is 5.32 Å². The zero-order valence-corrected chi connectivity index (χ0v) is 18.2. The fourth-order valence-corrected chi connectivity index (χ4v) is 6.99. The number of fused-ring (bicyclic) bond motifs is 1. The summed E-state index contributed by atoms with van der Waals surface area (Å²) in [5.74, 6) is -0.200. The first-order valence-corrected chi connectivity index (χ1v) is 11.9. The van der Waals surface area contributed by atoms with Crippen molar-refractivity contribution >= 4 is 27.1 Å². The molecule has 1 aromatic carbocycles. The first kappa shape index (κ1) is 19.8. The smallest absolute Gasteiger partial charge is 0.251 e. The Morgan fingerprint density at radius 3 is 2.79 bits per heavy atom. The van der Waals surface area contributed by atoms with Gasteiger partial charge in [-0.05, 0) is 62.4 Å². The Bertz CT molecular complexity index is 1180. The third-order valence-corrected chi connectivity index (χ3v) is 9.03. The fourth-order valence-electron chi connectivity index (χ4n) is 3.76. The maximum atomic E-state index is 12.9. The van der Waals surface area contributed by atoms with Crippen LogP contribution in [0.1, 0.15) is 52.3 Å². The number of sulfone groups is 1. The van der Waals surface area contributed by atoms with Crippen molar-refractivity contribution in [3.05, 3.63) is 69.9 Å². The Hall–Kier alpha value is -2.45.